The fourth-order valence-electron chi connectivity index (χ4n) is 2.95. The number of amides is 2. The Bertz CT molecular complexity index is 1150. The van der Waals surface area contributed by atoms with E-state index in [2.05, 4.69) is 10.0 Å². The summed E-state index contributed by atoms with van der Waals surface area (Å²) in [4.78, 5) is 26.4. The number of benzene rings is 2. The van der Waals surface area contributed by atoms with E-state index in [1.54, 1.807) is 32.9 Å². The van der Waals surface area contributed by atoms with Gasteiger partial charge in [-0.3, -0.25) is 9.59 Å². The maximum Gasteiger partial charge on any atom is 0.254 e. The van der Waals surface area contributed by atoms with Gasteiger partial charge < -0.3 is 19.7 Å². The molecule has 2 N–H and O–H groups in total. The van der Waals surface area contributed by atoms with Gasteiger partial charge in [-0.15, -0.1) is 0 Å². The van der Waals surface area contributed by atoms with Crippen molar-refractivity contribution in [2.24, 2.45) is 0 Å². The van der Waals surface area contributed by atoms with Gasteiger partial charge in [0, 0.05) is 23.2 Å². The minimum Gasteiger partial charge on any atom is -0.495 e. The third-order valence-corrected chi connectivity index (χ3v) is 6.32. The molecule has 9 nitrogen and oxygen atoms in total. The Balaban J connectivity index is 2.23. The van der Waals surface area contributed by atoms with E-state index < -0.39 is 27.4 Å². The first-order chi connectivity index (χ1) is 15.3. The zero-order chi connectivity index (χ0) is 25.0. The molecule has 0 radical (unpaired) electrons. The maximum atomic E-state index is 12.9. The van der Waals surface area contributed by atoms with Crippen molar-refractivity contribution in [2.75, 3.05) is 33.1 Å². The molecule has 0 aromatic heterocycles. The number of anilines is 1. The number of nitrogens with one attached hydrogen (secondary N) is 2. The normalized spacial score (nSPS) is 11.6. The number of likely N-dealkylation sites (N-methyl/N-ethyl adjacent to an activating group) is 1. The van der Waals surface area contributed by atoms with E-state index in [9.17, 15) is 18.0 Å². The minimum atomic E-state index is -3.97. The van der Waals surface area contributed by atoms with Gasteiger partial charge in [0.1, 0.15) is 16.4 Å². The summed E-state index contributed by atoms with van der Waals surface area (Å²) in [6, 6.07) is 8.82. The van der Waals surface area contributed by atoms with E-state index in [4.69, 9.17) is 21.1 Å². The lowest BCUT2D eigenvalue weighted by atomic mass is 10.1. The van der Waals surface area contributed by atoms with Gasteiger partial charge in [0.15, 0.2) is 0 Å². The highest BCUT2D eigenvalue weighted by atomic mass is 35.5. The van der Waals surface area contributed by atoms with Crippen molar-refractivity contribution in [3.05, 3.63) is 47.0 Å². The first-order valence-corrected chi connectivity index (χ1v) is 11.7. The molecular weight excluding hydrogens is 470 g/mol. The van der Waals surface area contributed by atoms with Crippen molar-refractivity contribution in [1.29, 1.82) is 0 Å². The summed E-state index contributed by atoms with van der Waals surface area (Å²) in [5.41, 5.74) is -0.289. The van der Waals surface area contributed by atoms with E-state index in [-0.39, 0.29) is 22.8 Å². The molecule has 0 aliphatic carbocycles. The molecule has 11 heteroatoms. The summed E-state index contributed by atoms with van der Waals surface area (Å²) >= 11 is 5.97. The van der Waals surface area contributed by atoms with E-state index in [1.807, 2.05) is 0 Å². The molecular formula is C22H28ClN3O6S. The molecule has 0 bridgehead atoms. The summed E-state index contributed by atoms with van der Waals surface area (Å²) in [5.74, 6) is -0.518. The van der Waals surface area contributed by atoms with Crippen LogP contribution in [0.4, 0.5) is 5.69 Å². The quantitative estimate of drug-likeness (QED) is 0.579. The number of sulfonamides is 1. The van der Waals surface area contributed by atoms with Crippen molar-refractivity contribution in [3.63, 3.8) is 0 Å². The molecule has 33 heavy (non-hydrogen) atoms. The smallest absolute Gasteiger partial charge is 0.254 e. The van der Waals surface area contributed by atoms with Gasteiger partial charge in [0.2, 0.25) is 15.9 Å². The van der Waals surface area contributed by atoms with Gasteiger partial charge >= 0.3 is 0 Å². The molecule has 0 spiro atoms. The fraction of sp³-hybridized carbons (Fsp3) is 0.364. The Morgan fingerprint density at radius 2 is 1.64 bits per heavy atom. The summed E-state index contributed by atoms with van der Waals surface area (Å²) in [6.07, 6.45) is 0. The first-order valence-electron chi connectivity index (χ1n) is 9.88. The Labute approximate surface area is 199 Å². The van der Waals surface area contributed by atoms with Crippen LogP contribution in [-0.4, -0.2) is 58.5 Å². The van der Waals surface area contributed by atoms with Gasteiger partial charge in [-0.25, -0.2) is 13.1 Å². The molecule has 0 aliphatic rings. The summed E-state index contributed by atoms with van der Waals surface area (Å²) < 4.78 is 38.6. The number of rotatable bonds is 8. The van der Waals surface area contributed by atoms with E-state index in [0.29, 0.717) is 16.5 Å². The molecule has 2 amide bonds. The Morgan fingerprint density at radius 1 is 1.03 bits per heavy atom. The van der Waals surface area contributed by atoms with Gasteiger partial charge in [-0.1, -0.05) is 11.6 Å². The van der Waals surface area contributed by atoms with Crippen LogP contribution in [0.5, 0.6) is 11.5 Å². The SMILES string of the molecule is COc1ccc(Cl)cc1NC(=O)CN(C)C(=O)c1ccc(OC)c(S(=O)(=O)NC(C)(C)C)c1. The average molecular weight is 498 g/mol. The Kier molecular flexibility index (Phi) is 8.34. The fourth-order valence-corrected chi connectivity index (χ4v) is 4.74. The monoisotopic (exact) mass is 497 g/mol. The predicted octanol–water partition coefficient (Wildman–Crippen LogP) is 3.14. The molecule has 0 atom stereocenters. The third-order valence-electron chi connectivity index (χ3n) is 4.30. The minimum absolute atomic E-state index is 0.0840. The van der Waals surface area contributed by atoms with Crippen LogP contribution in [0, 0.1) is 0 Å². The number of hydrogen-bond acceptors (Lipinski definition) is 6. The lowest BCUT2D eigenvalue weighted by Crippen LogP contribution is -2.40. The van der Waals surface area contributed by atoms with Gasteiger partial charge in [0.05, 0.1) is 26.5 Å². The molecule has 0 saturated heterocycles. The average Bonchev–Trinajstić information content (AvgIpc) is 2.71. The number of hydrogen-bond donors (Lipinski definition) is 2. The molecule has 2 rings (SSSR count). The molecule has 0 fully saturated rings. The van der Waals surface area contributed by atoms with E-state index >= 15 is 0 Å². The highest BCUT2D eigenvalue weighted by Crippen LogP contribution is 2.28. The zero-order valence-corrected chi connectivity index (χ0v) is 20.9. The second kappa shape index (κ2) is 10.4. The largest absolute Gasteiger partial charge is 0.495 e. The zero-order valence-electron chi connectivity index (χ0n) is 19.4. The highest BCUT2D eigenvalue weighted by Gasteiger charge is 2.27. The predicted molar refractivity (Wildman–Crippen MR) is 127 cm³/mol. The van der Waals surface area contributed by atoms with Crippen LogP contribution in [0.15, 0.2) is 41.3 Å². The van der Waals surface area contributed by atoms with Crippen LogP contribution in [0.25, 0.3) is 0 Å². The number of nitrogens with zero attached hydrogens (tertiary/aromatic N) is 1. The van der Waals surface area contributed by atoms with Crippen molar-refractivity contribution in [3.8, 4) is 11.5 Å². The summed E-state index contributed by atoms with van der Waals surface area (Å²) in [7, 11) is 0.262. The summed E-state index contributed by atoms with van der Waals surface area (Å²) in [5, 5.41) is 3.06. The lowest BCUT2D eigenvalue weighted by molar-refractivity contribution is -0.116. The molecule has 2 aromatic carbocycles. The number of methoxy groups -OCH3 is 2. The topological polar surface area (TPSA) is 114 Å². The lowest BCUT2D eigenvalue weighted by Gasteiger charge is -2.22. The molecule has 0 heterocycles. The number of ether oxygens (including phenoxy) is 2. The van der Waals surface area contributed by atoms with Crippen LogP contribution in [0.1, 0.15) is 31.1 Å². The van der Waals surface area contributed by atoms with Gasteiger partial charge in [-0.2, -0.15) is 0 Å². The molecule has 180 valence electrons. The number of carbonyl (C=O) groups excluding carboxylic acids is 2. The molecule has 0 aliphatic heterocycles. The van der Waals surface area contributed by atoms with Gasteiger partial charge in [-0.05, 0) is 57.2 Å². The van der Waals surface area contributed by atoms with Crippen molar-refractivity contribution < 1.29 is 27.5 Å². The highest BCUT2D eigenvalue weighted by molar-refractivity contribution is 7.89. The van der Waals surface area contributed by atoms with Crippen LogP contribution in [0.2, 0.25) is 5.02 Å². The third kappa shape index (κ3) is 7.08. The van der Waals surface area contributed by atoms with Crippen LogP contribution >= 0.6 is 11.6 Å². The molecule has 2 aromatic rings. The van der Waals surface area contributed by atoms with Gasteiger partial charge in [0.25, 0.3) is 5.91 Å². The second-order valence-corrected chi connectivity index (χ2v) is 10.4. The Morgan fingerprint density at radius 3 is 2.21 bits per heavy atom. The maximum absolute atomic E-state index is 12.9. The summed E-state index contributed by atoms with van der Waals surface area (Å²) in [6.45, 7) is 4.82. The van der Waals surface area contributed by atoms with E-state index in [0.717, 1.165) is 0 Å². The van der Waals surface area contributed by atoms with Crippen molar-refractivity contribution in [2.45, 2.75) is 31.2 Å². The van der Waals surface area contributed by atoms with Crippen molar-refractivity contribution >= 4 is 39.1 Å². The van der Waals surface area contributed by atoms with Crippen LogP contribution in [-0.2, 0) is 14.8 Å². The van der Waals surface area contributed by atoms with E-state index in [1.165, 1.54) is 50.4 Å². The van der Waals surface area contributed by atoms with Crippen molar-refractivity contribution in [1.82, 2.24) is 9.62 Å². The van der Waals surface area contributed by atoms with Crippen LogP contribution < -0.4 is 19.5 Å². The first kappa shape index (κ1) is 26.4. The number of halogens is 1. The molecule has 0 unspecified atom stereocenters. The standard InChI is InChI=1S/C22H28ClN3O6S/c1-22(2,3)25-33(29,30)19-11-14(7-9-18(19)32-6)21(28)26(4)13-20(27)24-16-12-15(23)8-10-17(16)31-5/h7-12,25H,13H2,1-6H3,(H,24,27). The van der Waals surface area contributed by atoms with Crippen LogP contribution in [0.3, 0.4) is 0 Å². The second-order valence-electron chi connectivity index (χ2n) is 8.28. The number of carbonyl (C=O) groups is 2. The molecule has 0 saturated carbocycles. The Hall–Kier alpha value is -2.82.